The largest absolute Gasteiger partial charge is 0.416 e. The molecule has 0 aliphatic heterocycles. The zero-order valence-electron chi connectivity index (χ0n) is 18.6. The molecule has 0 radical (unpaired) electrons. The van der Waals surface area contributed by atoms with Gasteiger partial charge in [-0.25, -0.2) is 9.37 Å². The summed E-state index contributed by atoms with van der Waals surface area (Å²) in [6, 6.07) is 18.2. The number of carbonyl (C=O) groups excluding carboxylic acids is 1. The maximum Gasteiger partial charge on any atom is 0.416 e. The second-order valence-electron chi connectivity index (χ2n) is 8.11. The molecule has 0 saturated carbocycles. The average molecular weight is 490 g/mol. The lowest BCUT2D eigenvalue weighted by atomic mass is 10.1. The van der Waals surface area contributed by atoms with Crippen LogP contribution in [0.25, 0.3) is 28.2 Å². The van der Waals surface area contributed by atoms with Crippen molar-refractivity contribution in [3.05, 3.63) is 108 Å². The van der Waals surface area contributed by atoms with Crippen molar-refractivity contribution in [2.75, 3.05) is 5.32 Å². The molecule has 0 unspecified atom stereocenters. The Morgan fingerprint density at radius 3 is 2.53 bits per heavy atom. The summed E-state index contributed by atoms with van der Waals surface area (Å²) in [6.45, 7) is 0. The third-order valence-electron chi connectivity index (χ3n) is 5.65. The van der Waals surface area contributed by atoms with Crippen LogP contribution in [0.1, 0.15) is 11.1 Å². The highest BCUT2D eigenvalue weighted by atomic mass is 19.4. The fourth-order valence-electron chi connectivity index (χ4n) is 3.89. The minimum Gasteiger partial charge on any atom is -0.326 e. The molecule has 9 heteroatoms. The number of benzene rings is 2. The van der Waals surface area contributed by atoms with E-state index in [0.29, 0.717) is 16.9 Å². The van der Waals surface area contributed by atoms with Crippen LogP contribution in [-0.2, 0) is 17.4 Å². The van der Waals surface area contributed by atoms with E-state index in [1.54, 1.807) is 18.5 Å². The summed E-state index contributed by atoms with van der Waals surface area (Å²) in [5.41, 5.74) is 2.83. The van der Waals surface area contributed by atoms with Crippen molar-refractivity contribution >= 4 is 17.2 Å². The topological polar surface area (TPSA) is 59.3 Å². The van der Waals surface area contributed by atoms with E-state index < -0.39 is 23.5 Å². The van der Waals surface area contributed by atoms with Crippen molar-refractivity contribution in [1.29, 1.82) is 0 Å². The standard InChI is InChI=1S/C27H18F4N4O/c28-22-12-19(24-16-33-25-13-18(9-11-35(24)25)23-6-1-2-10-32-23)8-7-17(22)14-26(36)34-21-5-3-4-20(15-21)27(29,30)31/h1-13,15-16H,14H2,(H,34,36). The zero-order valence-corrected chi connectivity index (χ0v) is 18.6. The van der Waals surface area contributed by atoms with Crippen molar-refractivity contribution in [1.82, 2.24) is 14.4 Å². The molecule has 1 amide bonds. The summed E-state index contributed by atoms with van der Waals surface area (Å²) in [4.78, 5) is 21.1. The lowest BCUT2D eigenvalue weighted by molar-refractivity contribution is -0.137. The molecule has 180 valence electrons. The van der Waals surface area contributed by atoms with E-state index >= 15 is 0 Å². The van der Waals surface area contributed by atoms with E-state index in [1.165, 1.54) is 24.3 Å². The number of pyridine rings is 2. The first kappa shape index (κ1) is 23.2. The fraction of sp³-hybridized carbons (Fsp3) is 0.0741. The van der Waals surface area contributed by atoms with Crippen LogP contribution >= 0.6 is 0 Å². The first-order valence-corrected chi connectivity index (χ1v) is 10.9. The van der Waals surface area contributed by atoms with Crippen molar-refractivity contribution in [3.63, 3.8) is 0 Å². The number of anilines is 1. The molecule has 0 aliphatic carbocycles. The van der Waals surface area contributed by atoms with Gasteiger partial charge in [0.1, 0.15) is 11.5 Å². The molecule has 2 aromatic carbocycles. The van der Waals surface area contributed by atoms with Crippen LogP contribution in [0.2, 0.25) is 0 Å². The molecule has 5 nitrogen and oxygen atoms in total. The number of amides is 1. The Kier molecular flexibility index (Phi) is 5.97. The van der Waals surface area contributed by atoms with Crippen molar-refractivity contribution in [2.45, 2.75) is 12.6 Å². The maximum absolute atomic E-state index is 14.9. The molecular formula is C27H18F4N4O. The van der Waals surface area contributed by atoms with Gasteiger partial charge in [0.2, 0.25) is 5.91 Å². The zero-order chi connectivity index (χ0) is 25.3. The molecule has 1 N–H and O–H groups in total. The van der Waals surface area contributed by atoms with Crippen LogP contribution in [0.3, 0.4) is 0 Å². The molecule has 0 saturated heterocycles. The predicted molar refractivity (Wildman–Crippen MR) is 128 cm³/mol. The number of hydrogen-bond donors (Lipinski definition) is 1. The molecule has 0 spiro atoms. The van der Waals surface area contributed by atoms with E-state index in [4.69, 9.17) is 0 Å². The van der Waals surface area contributed by atoms with Gasteiger partial charge in [-0.1, -0.05) is 24.3 Å². The number of hydrogen-bond acceptors (Lipinski definition) is 3. The number of halogens is 4. The molecule has 0 bridgehead atoms. The summed E-state index contributed by atoms with van der Waals surface area (Å²) in [5, 5.41) is 2.39. The third kappa shape index (κ3) is 4.81. The number of carbonyl (C=O) groups is 1. The van der Waals surface area contributed by atoms with E-state index in [-0.39, 0.29) is 17.7 Å². The molecule has 0 fully saturated rings. The van der Waals surface area contributed by atoms with Crippen molar-refractivity contribution in [2.24, 2.45) is 0 Å². The Morgan fingerprint density at radius 2 is 1.78 bits per heavy atom. The minimum atomic E-state index is -4.53. The fourth-order valence-corrected chi connectivity index (χ4v) is 3.89. The maximum atomic E-state index is 14.9. The van der Waals surface area contributed by atoms with E-state index in [9.17, 15) is 22.4 Å². The van der Waals surface area contributed by atoms with Crippen LogP contribution in [0.4, 0.5) is 23.2 Å². The van der Waals surface area contributed by atoms with E-state index in [1.807, 2.05) is 40.9 Å². The van der Waals surface area contributed by atoms with Gasteiger partial charge in [-0.05, 0) is 54.1 Å². The summed E-state index contributed by atoms with van der Waals surface area (Å²) >= 11 is 0. The monoisotopic (exact) mass is 490 g/mol. The van der Waals surface area contributed by atoms with Crippen LogP contribution < -0.4 is 5.32 Å². The van der Waals surface area contributed by atoms with Gasteiger partial charge >= 0.3 is 6.18 Å². The Balaban J connectivity index is 1.34. The van der Waals surface area contributed by atoms with Gasteiger partial charge in [-0.2, -0.15) is 13.2 Å². The smallest absolute Gasteiger partial charge is 0.326 e. The van der Waals surface area contributed by atoms with E-state index in [2.05, 4.69) is 15.3 Å². The van der Waals surface area contributed by atoms with Gasteiger partial charge < -0.3 is 5.32 Å². The van der Waals surface area contributed by atoms with Crippen LogP contribution in [0, 0.1) is 5.82 Å². The first-order chi connectivity index (χ1) is 17.3. The number of rotatable bonds is 5. The highest BCUT2D eigenvalue weighted by molar-refractivity contribution is 5.92. The van der Waals surface area contributed by atoms with Crippen molar-refractivity contribution in [3.8, 4) is 22.5 Å². The molecule has 36 heavy (non-hydrogen) atoms. The Labute approximate surface area is 203 Å². The van der Waals surface area contributed by atoms with Gasteiger partial charge in [0.25, 0.3) is 0 Å². The van der Waals surface area contributed by atoms with Gasteiger partial charge in [0.15, 0.2) is 0 Å². The second kappa shape index (κ2) is 9.26. The third-order valence-corrected chi connectivity index (χ3v) is 5.65. The number of nitrogens with zero attached hydrogens (tertiary/aromatic N) is 3. The number of aromatic nitrogens is 3. The summed E-state index contributed by atoms with van der Waals surface area (Å²) in [7, 11) is 0. The second-order valence-corrected chi connectivity index (χ2v) is 8.11. The molecule has 0 atom stereocenters. The lowest BCUT2D eigenvalue weighted by Crippen LogP contribution is -2.16. The quantitative estimate of drug-likeness (QED) is 0.290. The Hall–Kier alpha value is -4.53. The van der Waals surface area contributed by atoms with Gasteiger partial charge in [-0.15, -0.1) is 0 Å². The Morgan fingerprint density at radius 1 is 0.917 bits per heavy atom. The Bertz CT molecular complexity index is 1560. The molecular weight excluding hydrogens is 472 g/mol. The van der Waals surface area contributed by atoms with Gasteiger partial charge in [-0.3, -0.25) is 14.2 Å². The normalized spacial score (nSPS) is 11.6. The highest BCUT2D eigenvalue weighted by Crippen LogP contribution is 2.31. The average Bonchev–Trinajstić information content (AvgIpc) is 3.29. The van der Waals surface area contributed by atoms with Crippen LogP contribution in [0.15, 0.2) is 91.4 Å². The van der Waals surface area contributed by atoms with Crippen molar-refractivity contribution < 1.29 is 22.4 Å². The predicted octanol–water partition coefficient (Wildman–Crippen LogP) is 6.40. The molecule has 5 rings (SSSR count). The number of nitrogens with one attached hydrogen (secondary N) is 1. The van der Waals surface area contributed by atoms with Gasteiger partial charge in [0, 0.05) is 29.2 Å². The number of imidazole rings is 1. The molecule has 5 aromatic rings. The lowest BCUT2D eigenvalue weighted by Gasteiger charge is -2.11. The summed E-state index contributed by atoms with van der Waals surface area (Å²) < 4.78 is 55.4. The number of alkyl halides is 3. The SMILES string of the molecule is O=C(Cc1ccc(-c2cnc3cc(-c4ccccn4)ccn23)cc1F)Nc1cccc(C(F)(F)F)c1. The molecule has 0 aliphatic rings. The van der Waals surface area contributed by atoms with Gasteiger partial charge in [0.05, 0.1) is 29.6 Å². The highest BCUT2D eigenvalue weighted by Gasteiger charge is 2.30. The number of fused-ring (bicyclic) bond motifs is 1. The molecule has 3 heterocycles. The van der Waals surface area contributed by atoms with Crippen LogP contribution in [0.5, 0.6) is 0 Å². The molecule has 3 aromatic heterocycles. The van der Waals surface area contributed by atoms with E-state index in [0.717, 1.165) is 23.4 Å². The first-order valence-electron chi connectivity index (χ1n) is 10.9. The summed E-state index contributed by atoms with van der Waals surface area (Å²) in [6.07, 6.45) is 0.312. The minimum absolute atomic E-state index is 0.0114. The van der Waals surface area contributed by atoms with Crippen LogP contribution in [-0.4, -0.2) is 20.3 Å². The summed E-state index contributed by atoms with van der Waals surface area (Å²) in [5.74, 6) is -1.23.